The molecule has 0 aliphatic carbocycles. The minimum absolute atomic E-state index is 0.247. The highest BCUT2D eigenvalue weighted by molar-refractivity contribution is 5.32. The smallest absolute Gasteiger partial charge is 0.218 e. The normalized spacial score (nSPS) is 16.1. The monoisotopic (exact) mass is 447 g/mol. The first-order valence-corrected chi connectivity index (χ1v) is 11.5. The maximum atomic E-state index is 10.5. The van der Waals surface area contributed by atoms with Gasteiger partial charge in [0.2, 0.25) is 5.88 Å². The van der Waals surface area contributed by atoms with E-state index in [1.807, 2.05) is 12.1 Å². The number of rotatable bonds is 10. The van der Waals surface area contributed by atoms with Crippen molar-refractivity contribution in [3.63, 3.8) is 0 Å². The molecule has 3 aromatic rings. The molecule has 33 heavy (non-hydrogen) atoms. The summed E-state index contributed by atoms with van der Waals surface area (Å²) in [6.07, 6.45) is 1.16. The van der Waals surface area contributed by atoms with Gasteiger partial charge in [0.25, 0.3) is 0 Å². The summed E-state index contributed by atoms with van der Waals surface area (Å²) in [4.78, 5) is 9.04. The van der Waals surface area contributed by atoms with Gasteiger partial charge in [-0.2, -0.15) is 0 Å². The largest absolute Gasteiger partial charge is 0.481 e. The van der Waals surface area contributed by atoms with E-state index in [9.17, 15) is 5.11 Å². The molecule has 2 heterocycles. The molecular formula is C27H33N3O3. The van der Waals surface area contributed by atoms with Crippen LogP contribution in [-0.2, 0) is 11.3 Å². The zero-order valence-electron chi connectivity index (χ0n) is 19.2. The fraction of sp³-hybridized carbons (Fsp3) is 0.370. The summed E-state index contributed by atoms with van der Waals surface area (Å²) in [5.41, 5.74) is 3.52. The first-order chi connectivity index (χ1) is 16.2. The molecule has 1 fully saturated rings. The van der Waals surface area contributed by atoms with Crippen LogP contribution in [-0.4, -0.2) is 72.4 Å². The fourth-order valence-corrected chi connectivity index (χ4v) is 4.46. The first-order valence-electron chi connectivity index (χ1n) is 11.5. The molecule has 2 aromatic carbocycles. The van der Waals surface area contributed by atoms with Crippen LogP contribution in [0.5, 0.6) is 5.88 Å². The highest BCUT2D eigenvalue weighted by atomic mass is 16.5. The molecule has 0 spiro atoms. The van der Waals surface area contributed by atoms with Crippen LogP contribution in [0.2, 0.25) is 0 Å². The second-order valence-corrected chi connectivity index (χ2v) is 8.40. The lowest BCUT2D eigenvalue weighted by Crippen LogP contribution is -2.50. The zero-order chi connectivity index (χ0) is 22.9. The van der Waals surface area contributed by atoms with Crippen LogP contribution in [0.4, 0.5) is 0 Å². The van der Waals surface area contributed by atoms with E-state index >= 15 is 0 Å². The van der Waals surface area contributed by atoms with Crippen molar-refractivity contribution in [1.29, 1.82) is 0 Å². The Morgan fingerprint density at radius 1 is 0.879 bits per heavy atom. The number of pyridine rings is 1. The van der Waals surface area contributed by atoms with E-state index in [1.165, 1.54) is 11.1 Å². The average Bonchev–Trinajstić information content (AvgIpc) is 2.87. The van der Waals surface area contributed by atoms with Crippen molar-refractivity contribution in [3.05, 3.63) is 95.7 Å². The standard InChI is InChI=1S/C27H33N3O3/c1-32-27-24(13-8-14-28-27)20-33-21-25(31)19-29-15-17-30(18-16-29)26(22-9-4-2-5-10-22)23-11-6-3-7-12-23/h2-14,25-26,31H,15-21H2,1H3. The summed E-state index contributed by atoms with van der Waals surface area (Å²) in [6, 6.07) is 25.4. The number of aliphatic hydroxyl groups excluding tert-OH is 1. The van der Waals surface area contributed by atoms with Crippen LogP contribution < -0.4 is 4.74 Å². The van der Waals surface area contributed by atoms with E-state index in [2.05, 4.69) is 75.4 Å². The Bertz CT molecular complexity index is 923. The maximum absolute atomic E-state index is 10.5. The average molecular weight is 448 g/mol. The van der Waals surface area contributed by atoms with Gasteiger partial charge in [0.1, 0.15) is 0 Å². The van der Waals surface area contributed by atoms with Gasteiger partial charge in [-0.15, -0.1) is 0 Å². The molecular weight excluding hydrogens is 414 g/mol. The number of piperazine rings is 1. The van der Waals surface area contributed by atoms with Gasteiger partial charge in [0.15, 0.2) is 0 Å². The molecule has 1 unspecified atom stereocenters. The Balaban J connectivity index is 1.28. The van der Waals surface area contributed by atoms with E-state index in [-0.39, 0.29) is 12.6 Å². The molecule has 174 valence electrons. The van der Waals surface area contributed by atoms with Gasteiger partial charge in [-0.05, 0) is 23.3 Å². The number of aromatic nitrogens is 1. The fourth-order valence-electron chi connectivity index (χ4n) is 4.46. The summed E-state index contributed by atoms with van der Waals surface area (Å²) in [5.74, 6) is 0.564. The highest BCUT2D eigenvalue weighted by Crippen LogP contribution is 2.29. The summed E-state index contributed by atoms with van der Waals surface area (Å²) >= 11 is 0. The Labute approximate surface area is 196 Å². The van der Waals surface area contributed by atoms with Gasteiger partial charge < -0.3 is 14.6 Å². The van der Waals surface area contributed by atoms with Gasteiger partial charge in [-0.3, -0.25) is 9.80 Å². The summed E-state index contributed by atoms with van der Waals surface area (Å²) in [7, 11) is 1.60. The maximum Gasteiger partial charge on any atom is 0.218 e. The molecule has 1 N–H and O–H groups in total. The van der Waals surface area contributed by atoms with Crippen molar-refractivity contribution < 1.29 is 14.6 Å². The second kappa shape index (κ2) is 11.9. The molecule has 1 saturated heterocycles. The highest BCUT2D eigenvalue weighted by Gasteiger charge is 2.27. The minimum Gasteiger partial charge on any atom is -0.481 e. The number of ether oxygens (including phenoxy) is 2. The second-order valence-electron chi connectivity index (χ2n) is 8.40. The molecule has 0 bridgehead atoms. The lowest BCUT2D eigenvalue weighted by molar-refractivity contribution is -0.00118. The number of hydrogen-bond donors (Lipinski definition) is 1. The SMILES string of the molecule is COc1ncccc1COCC(O)CN1CCN(C(c2ccccc2)c2ccccc2)CC1. The Kier molecular flexibility index (Phi) is 8.44. The van der Waals surface area contributed by atoms with E-state index in [4.69, 9.17) is 9.47 Å². The van der Waals surface area contributed by atoms with E-state index in [0.717, 1.165) is 31.7 Å². The van der Waals surface area contributed by atoms with E-state index < -0.39 is 6.10 Å². The molecule has 1 atom stereocenters. The molecule has 6 heteroatoms. The number of aliphatic hydroxyl groups is 1. The summed E-state index contributed by atoms with van der Waals surface area (Å²) < 4.78 is 11.0. The molecule has 1 aliphatic rings. The number of benzene rings is 2. The predicted molar refractivity (Wildman–Crippen MR) is 129 cm³/mol. The predicted octanol–water partition coefficient (Wildman–Crippen LogP) is 3.37. The van der Waals surface area contributed by atoms with Crippen LogP contribution >= 0.6 is 0 Å². The lowest BCUT2D eigenvalue weighted by Gasteiger charge is -2.40. The van der Waals surface area contributed by atoms with Crippen LogP contribution in [0.15, 0.2) is 79.0 Å². The third-order valence-corrected chi connectivity index (χ3v) is 6.08. The molecule has 1 aromatic heterocycles. The Morgan fingerprint density at radius 2 is 1.52 bits per heavy atom. The summed E-state index contributed by atoms with van der Waals surface area (Å²) in [6.45, 7) is 5.02. The van der Waals surface area contributed by atoms with Gasteiger partial charge in [-0.1, -0.05) is 60.7 Å². The van der Waals surface area contributed by atoms with E-state index in [1.54, 1.807) is 13.3 Å². The number of β-amino-alcohol motifs (C(OH)–C–C–N with tert-alkyl or cyclic N) is 1. The van der Waals surface area contributed by atoms with Gasteiger partial charge in [0.05, 0.1) is 32.5 Å². The minimum atomic E-state index is -0.529. The molecule has 1 aliphatic heterocycles. The van der Waals surface area contributed by atoms with Crippen molar-refractivity contribution in [2.24, 2.45) is 0 Å². The van der Waals surface area contributed by atoms with Crippen molar-refractivity contribution in [3.8, 4) is 5.88 Å². The van der Waals surface area contributed by atoms with Crippen LogP contribution in [0.25, 0.3) is 0 Å². The van der Waals surface area contributed by atoms with Crippen molar-refractivity contribution in [1.82, 2.24) is 14.8 Å². The molecule has 0 amide bonds. The van der Waals surface area contributed by atoms with Gasteiger partial charge >= 0.3 is 0 Å². The molecule has 0 radical (unpaired) electrons. The Hall–Kier alpha value is -2.77. The summed E-state index contributed by atoms with van der Waals surface area (Å²) in [5, 5.41) is 10.5. The van der Waals surface area contributed by atoms with Gasteiger partial charge in [-0.25, -0.2) is 4.98 Å². The van der Waals surface area contributed by atoms with Crippen LogP contribution in [0.3, 0.4) is 0 Å². The topological polar surface area (TPSA) is 58.1 Å². The molecule has 6 nitrogen and oxygen atoms in total. The Morgan fingerprint density at radius 3 is 2.12 bits per heavy atom. The van der Waals surface area contributed by atoms with Crippen molar-refractivity contribution in [2.75, 3.05) is 46.4 Å². The molecule has 4 rings (SSSR count). The molecule has 0 saturated carbocycles. The van der Waals surface area contributed by atoms with Crippen molar-refractivity contribution in [2.45, 2.75) is 18.8 Å². The first kappa shape index (κ1) is 23.4. The van der Waals surface area contributed by atoms with Crippen LogP contribution in [0, 0.1) is 0 Å². The third-order valence-electron chi connectivity index (χ3n) is 6.08. The lowest BCUT2D eigenvalue weighted by atomic mass is 9.96. The van der Waals surface area contributed by atoms with Crippen LogP contribution in [0.1, 0.15) is 22.7 Å². The number of hydrogen-bond acceptors (Lipinski definition) is 6. The third kappa shape index (κ3) is 6.39. The number of nitrogens with zero attached hydrogens (tertiary/aromatic N) is 3. The quantitative estimate of drug-likeness (QED) is 0.514. The van der Waals surface area contributed by atoms with E-state index in [0.29, 0.717) is 19.0 Å². The number of methoxy groups -OCH3 is 1. The zero-order valence-corrected chi connectivity index (χ0v) is 19.2. The van der Waals surface area contributed by atoms with Gasteiger partial charge in [0, 0.05) is 44.5 Å². The van der Waals surface area contributed by atoms with Crippen molar-refractivity contribution >= 4 is 0 Å².